The van der Waals surface area contributed by atoms with Crippen LogP contribution >= 0.6 is 0 Å². The lowest BCUT2D eigenvalue weighted by molar-refractivity contribution is -0.122. The molecule has 0 rings (SSSR count). The van der Waals surface area contributed by atoms with E-state index in [2.05, 4.69) is 45.1 Å². The number of amides is 1. The first kappa shape index (κ1) is 17.4. The lowest BCUT2D eigenvalue weighted by Crippen LogP contribution is -2.41. The third kappa shape index (κ3) is 7.67. The zero-order valence-electron chi connectivity index (χ0n) is 12.7. The van der Waals surface area contributed by atoms with Crippen LogP contribution in [0, 0.1) is 11.8 Å². The van der Waals surface area contributed by atoms with E-state index in [1.807, 2.05) is 0 Å². The summed E-state index contributed by atoms with van der Waals surface area (Å²) in [6.07, 6.45) is 2.61. The summed E-state index contributed by atoms with van der Waals surface area (Å²) in [6, 6.07) is 0.409. The van der Waals surface area contributed by atoms with E-state index < -0.39 is 0 Å². The summed E-state index contributed by atoms with van der Waals surface area (Å²) in [5, 5.41) is 3.03. The molecule has 0 aliphatic heterocycles. The van der Waals surface area contributed by atoms with Crippen LogP contribution in [-0.4, -0.2) is 44.0 Å². The Bertz CT molecular complexity index is 225. The highest BCUT2D eigenvalue weighted by Gasteiger charge is 2.16. The Kier molecular flexibility index (Phi) is 9.02. The molecule has 2 atom stereocenters. The van der Waals surface area contributed by atoms with E-state index in [4.69, 9.17) is 5.73 Å². The van der Waals surface area contributed by atoms with E-state index in [-0.39, 0.29) is 5.91 Å². The SMILES string of the molecule is CCC(CN)CC(=O)NCC(CC(C)C)N(C)C. The van der Waals surface area contributed by atoms with Gasteiger partial charge >= 0.3 is 0 Å². The molecule has 4 heteroatoms. The normalized spacial score (nSPS) is 14.9. The molecule has 0 aromatic carbocycles. The lowest BCUT2D eigenvalue weighted by atomic mass is 10.0. The second-order valence-electron chi connectivity index (χ2n) is 5.77. The van der Waals surface area contributed by atoms with Crippen molar-refractivity contribution in [1.82, 2.24) is 10.2 Å². The van der Waals surface area contributed by atoms with Crippen LogP contribution in [0.5, 0.6) is 0 Å². The van der Waals surface area contributed by atoms with Gasteiger partial charge in [-0.25, -0.2) is 0 Å². The molecule has 1 amide bonds. The van der Waals surface area contributed by atoms with Gasteiger partial charge in [0, 0.05) is 19.0 Å². The summed E-state index contributed by atoms with van der Waals surface area (Å²) in [5.74, 6) is 1.08. The van der Waals surface area contributed by atoms with Crippen LogP contribution in [0.15, 0.2) is 0 Å². The van der Waals surface area contributed by atoms with E-state index in [9.17, 15) is 4.79 Å². The van der Waals surface area contributed by atoms with Gasteiger partial charge in [-0.2, -0.15) is 0 Å². The summed E-state index contributed by atoms with van der Waals surface area (Å²) in [5.41, 5.74) is 5.61. The molecule has 0 heterocycles. The van der Waals surface area contributed by atoms with Crippen LogP contribution in [0.2, 0.25) is 0 Å². The number of hydrogen-bond donors (Lipinski definition) is 2. The van der Waals surface area contributed by atoms with Crippen molar-refractivity contribution in [3.05, 3.63) is 0 Å². The Labute approximate surface area is 112 Å². The fourth-order valence-corrected chi connectivity index (χ4v) is 1.98. The third-order valence-electron chi connectivity index (χ3n) is 3.39. The molecule has 0 spiro atoms. The minimum Gasteiger partial charge on any atom is -0.355 e. The number of rotatable bonds is 9. The quantitative estimate of drug-likeness (QED) is 0.657. The molecule has 0 aromatic rings. The smallest absolute Gasteiger partial charge is 0.220 e. The van der Waals surface area contributed by atoms with Gasteiger partial charge in [0.2, 0.25) is 5.91 Å². The van der Waals surface area contributed by atoms with Crippen LogP contribution < -0.4 is 11.1 Å². The summed E-state index contributed by atoms with van der Waals surface area (Å²) in [6.45, 7) is 7.81. The van der Waals surface area contributed by atoms with Crippen LogP contribution in [0.25, 0.3) is 0 Å². The fraction of sp³-hybridized carbons (Fsp3) is 0.929. The highest BCUT2D eigenvalue weighted by atomic mass is 16.1. The molecular weight excluding hydrogens is 226 g/mol. The number of nitrogens with zero attached hydrogens (tertiary/aromatic N) is 1. The van der Waals surface area contributed by atoms with Crippen molar-refractivity contribution in [1.29, 1.82) is 0 Å². The van der Waals surface area contributed by atoms with Crippen molar-refractivity contribution >= 4 is 5.91 Å². The molecule has 0 radical (unpaired) electrons. The molecule has 2 unspecified atom stereocenters. The van der Waals surface area contributed by atoms with Gasteiger partial charge in [0.25, 0.3) is 0 Å². The minimum absolute atomic E-state index is 0.128. The highest BCUT2D eigenvalue weighted by molar-refractivity contribution is 5.76. The fourth-order valence-electron chi connectivity index (χ4n) is 1.98. The van der Waals surface area contributed by atoms with E-state index in [1.54, 1.807) is 0 Å². The maximum atomic E-state index is 11.8. The van der Waals surface area contributed by atoms with Crippen molar-refractivity contribution in [3.63, 3.8) is 0 Å². The largest absolute Gasteiger partial charge is 0.355 e. The standard InChI is InChI=1S/C14H31N3O/c1-6-12(9-15)8-14(18)16-10-13(17(4)5)7-11(2)3/h11-13H,6-10,15H2,1-5H3,(H,16,18). The number of hydrogen-bond acceptors (Lipinski definition) is 3. The van der Waals surface area contributed by atoms with Crippen molar-refractivity contribution in [2.24, 2.45) is 17.6 Å². The molecule has 0 aliphatic carbocycles. The van der Waals surface area contributed by atoms with Crippen LogP contribution in [0.1, 0.15) is 40.0 Å². The molecule has 3 N–H and O–H groups in total. The van der Waals surface area contributed by atoms with Crippen LogP contribution in [0.3, 0.4) is 0 Å². The van der Waals surface area contributed by atoms with Gasteiger partial charge in [-0.1, -0.05) is 27.2 Å². The second-order valence-corrected chi connectivity index (χ2v) is 5.77. The first-order valence-electron chi connectivity index (χ1n) is 7.03. The van der Waals surface area contributed by atoms with Crippen LogP contribution in [0.4, 0.5) is 0 Å². The van der Waals surface area contributed by atoms with E-state index in [1.165, 1.54) is 0 Å². The monoisotopic (exact) mass is 257 g/mol. The molecule has 0 aliphatic rings. The number of carbonyl (C=O) groups is 1. The van der Waals surface area contributed by atoms with Crippen molar-refractivity contribution in [2.45, 2.75) is 46.1 Å². The molecule has 18 heavy (non-hydrogen) atoms. The molecule has 0 saturated carbocycles. The van der Waals surface area contributed by atoms with Gasteiger partial charge in [-0.05, 0) is 38.9 Å². The average Bonchev–Trinajstić information content (AvgIpc) is 2.30. The number of likely N-dealkylation sites (N-methyl/N-ethyl adjacent to an activating group) is 1. The lowest BCUT2D eigenvalue weighted by Gasteiger charge is -2.26. The van der Waals surface area contributed by atoms with Crippen molar-refractivity contribution in [3.8, 4) is 0 Å². The second kappa shape index (κ2) is 9.34. The topological polar surface area (TPSA) is 58.4 Å². The summed E-state index contributed by atoms with van der Waals surface area (Å²) in [7, 11) is 4.13. The Balaban J connectivity index is 4.06. The third-order valence-corrected chi connectivity index (χ3v) is 3.39. The molecule has 0 bridgehead atoms. The maximum absolute atomic E-state index is 11.8. The zero-order valence-corrected chi connectivity index (χ0v) is 12.7. The molecule has 0 saturated heterocycles. The zero-order chi connectivity index (χ0) is 14.1. The molecule has 0 aromatic heterocycles. The van der Waals surface area contributed by atoms with Crippen LogP contribution in [-0.2, 0) is 4.79 Å². The predicted octanol–water partition coefficient (Wildman–Crippen LogP) is 1.45. The Morgan fingerprint density at radius 1 is 1.33 bits per heavy atom. The maximum Gasteiger partial charge on any atom is 0.220 e. The Hall–Kier alpha value is -0.610. The van der Waals surface area contributed by atoms with Gasteiger partial charge in [0.15, 0.2) is 0 Å². The van der Waals surface area contributed by atoms with E-state index >= 15 is 0 Å². The molecule has 4 nitrogen and oxygen atoms in total. The van der Waals surface area contributed by atoms with Crippen molar-refractivity contribution < 1.29 is 4.79 Å². The Morgan fingerprint density at radius 3 is 2.33 bits per heavy atom. The molecular formula is C14H31N3O. The van der Waals surface area contributed by atoms with Gasteiger partial charge in [0.1, 0.15) is 0 Å². The highest BCUT2D eigenvalue weighted by Crippen LogP contribution is 2.09. The molecule has 108 valence electrons. The first-order chi connectivity index (χ1) is 8.40. The van der Waals surface area contributed by atoms with Gasteiger partial charge in [0.05, 0.1) is 0 Å². The van der Waals surface area contributed by atoms with Gasteiger partial charge in [-0.15, -0.1) is 0 Å². The number of nitrogens with one attached hydrogen (secondary N) is 1. The minimum atomic E-state index is 0.128. The van der Waals surface area contributed by atoms with Gasteiger partial charge < -0.3 is 16.0 Å². The van der Waals surface area contributed by atoms with E-state index in [0.717, 1.165) is 19.4 Å². The first-order valence-corrected chi connectivity index (χ1v) is 7.03. The molecule has 0 fully saturated rings. The predicted molar refractivity (Wildman–Crippen MR) is 77.4 cm³/mol. The van der Waals surface area contributed by atoms with Gasteiger partial charge in [-0.3, -0.25) is 4.79 Å². The summed E-state index contributed by atoms with van der Waals surface area (Å²) in [4.78, 5) is 14.0. The van der Waals surface area contributed by atoms with E-state index in [0.29, 0.717) is 30.8 Å². The summed E-state index contributed by atoms with van der Waals surface area (Å²) >= 11 is 0. The number of nitrogens with two attached hydrogens (primary N) is 1. The van der Waals surface area contributed by atoms with Crippen molar-refractivity contribution in [2.75, 3.05) is 27.2 Å². The average molecular weight is 257 g/mol. The summed E-state index contributed by atoms with van der Waals surface area (Å²) < 4.78 is 0. The number of carbonyl (C=O) groups excluding carboxylic acids is 1. The Morgan fingerprint density at radius 2 is 1.94 bits per heavy atom.